The summed E-state index contributed by atoms with van der Waals surface area (Å²) in [5.41, 5.74) is 2.63. The Bertz CT molecular complexity index is 1160. The molecule has 2 amide bonds. The van der Waals surface area contributed by atoms with Crippen molar-refractivity contribution in [2.45, 2.75) is 13.1 Å². The predicted octanol–water partition coefficient (Wildman–Crippen LogP) is 5.16. The lowest BCUT2D eigenvalue weighted by molar-refractivity contribution is -0.123. The quantitative estimate of drug-likeness (QED) is 0.513. The van der Waals surface area contributed by atoms with Crippen molar-refractivity contribution in [3.63, 3.8) is 0 Å². The van der Waals surface area contributed by atoms with Gasteiger partial charge in [0.2, 0.25) is 0 Å². The Morgan fingerprint density at radius 2 is 1.86 bits per heavy atom. The van der Waals surface area contributed by atoms with Crippen molar-refractivity contribution in [1.82, 2.24) is 9.47 Å². The smallest absolute Gasteiger partial charge is 0.293 e. The molecule has 2 aromatic carbocycles. The summed E-state index contributed by atoms with van der Waals surface area (Å²) in [6.07, 6.45) is 3.58. The van der Waals surface area contributed by atoms with Crippen molar-refractivity contribution < 1.29 is 9.59 Å². The van der Waals surface area contributed by atoms with Crippen molar-refractivity contribution in [3.8, 4) is 6.07 Å². The van der Waals surface area contributed by atoms with E-state index in [1.54, 1.807) is 6.08 Å². The molecule has 0 unspecified atom stereocenters. The first-order valence-corrected chi connectivity index (χ1v) is 10.1. The molecule has 7 heteroatoms. The first kappa shape index (κ1) is 18.5. The number of carbonyl (C=O) groups is 2. The normalized spacial score (nSPS) is 15.6. The minimum Gasteiger partial charge on any atom is -0.333 e. The summed E-state index contributed by atoms with van der Waals surface area (Å²) in [6.45, 7) is 0.463. The van der Waals surface area contributed by atoms with Crippen LogP contribution in [0.3, 0.4) is 0 Å². The largest absolute Gasteiger partial charge is 0.333 e. The minimum atomic E-state index is -0.296. The number of rotatable bonds is 4. The molecule has 0 atom stereocenters. The van der Waals surface area contributed by atoms with E-state index in [0.29, 0.717) is 4.91 Å². The number of carbonyl (C=O) groups excluding carboxylic acids is 2. The monoisotopic (exact) mass is 451 g/mol. The van der Waals surface area contributed by atoms with Crippen molar-refractivity contribution in [2.24, 2.45) is 0 Å². The van der Waals surface area contributed by atoms with E-state index in [1.807, 2.05) is 59.3 Å². The third kappa shape index (κ3) is 3.49. The molecule has 5 nitrogen and oxygen atoms in total. The molecule has 0 spiro atoms. The highest BCUT2D eigenvalue weighted by Crippen LogP contribution is 2.35. The minimum absolute atomic E-state index is 0.222. The number of hydrogen-bond acceptors (Lipinski definition) is 4. The molecule has 1 fully saturated rings. The van der Waals surface area contributed by atoms with E-state index in [2.05, 4.69) is 22.0 Å². The molecule has 0 bridgehead atoms. The number of thioether (sulfide) groups is 1. The molecule has 0 aliphatic carbocycles. The molecule has 1 saturated heterocycles. The van der Waals surface area contributed by atoms with Gasteiger partial charge in [-0.1, -0.05) is 46.3 Å². The summed E-state index contributed by atoms with van der Waals surface area (Å²) in [7, 11) is 0. The number of hydrogen-bond donors (Lipinski definition) is 0. The zero-order valence-corrected chi connectivity index (χ0v) is 17.0. The Kier molecular flexibility index (Phi) is 5.07. The lowest BCUT2D eigenvalue weighted by Crippen LogP contribution is -2.27. The van der Waals surface area contributed by atoms with E-state index in [-0.39, 0.29) is 24.2 Å². The summed E-state index contributed by atoms with van der Waals surface area (Å²) in [4.78, 5) is 26.9. The van der Waals surface area contributed by atoms with Gasteiger partial charge in [0.05, 0.1) is 17.5 Å². The second-order valence-electron chi connectivity index (χ2n) is 6.28. The zero-order chi connectivity index (χ0) is 19.7. The number of para-hydroxylation sites is 1. The van der Waals surface area contributed by atoms with Crippen LogP contribution in [-0.2, 0) is 17.9 Å². The van der Waals surface area contributed by atoms with Gasteiger partial charge in [-0.25, -0.2) is 0 Å². The lowest BCUT2D eigenvalue weighted by atomic mass is 10.1. The Balaban J connectivity index is 1.65. The van der Waals surface area contributed by atoms with E-state index in [0.717, 1.165) is 38.3 Å². The van der Waals surface area contributed by atoms with Gasteiger partial charge in [0, 0.05) is 27.1 Å². The number of amides is 2. The highest BCUT2D eigenvalue weighted by atomic mass is 79.9. The van der Waals surface area contributed by atoms with Crippen molar-refractivity contribution >= 4 is 55.8 Å². The van der Waals surface area contributed by atoms with E-state index < -0.39 is 0 Å². The molecular formula is C21H14BrN3O2S. The Hall–Kier alpha value is -2.82. The summed E-state index contributed by atoms with van der Waals surface area (Å²) in [5.74, 6) is -0.296. The van der Waals surface area contributed by atoms with E-state index in [4.69, 9.17) is 5.26 Å². The molecule has 1 aliphatic rings. The summed E-state index contributed by atoms with van der Waals surface area (Å²) >= 11 is 4.32. The molecule has 0 radical (unpaired) electrons. The van der Waals surface area contributed by atoms with Gasteiger partial charge in [0.1, 0.15) is 6.54 Å². The predicted molar refractivity (Wildman–Crippen MR) is 113 cm³/mol. The topological polar surface area (TPSA) is 66.1 Å². The Labute approximate surface area is 174 Å². The van der Waals surface area contributed by atoms with Crippen molar-refractivity contribution in [3.05, 3.63) is 75.2 Å². The average Bonchev–Trinajstić information content (AvgIpc) is 3.17. The summed E-state index contributed by atoms with van der Waals surface area (Å²) in [5, 5.41) is 9.71. The van der Waals surface area contributed by atoms with Gasteiger partial charge in [0.25, 0.3) is 11.1 Å². The number of halogens is 1. The number of imide groups is 1. The third-order valence-electron chi connectivity index (χ3n) is 4.47. The number of benzene rings is 2. The van der Waals surface area contributed by atoms with Gasteiger partial charge in [-0.2, -0.15) is 5.26 Å². The van der Waals surface area contributed by atoms with E-state index in [9.17, 15) is 9.59 Å². The highest BCUT2D eigenvalue weighted by molar-refractivity contribution is 9.10. The van der Waals surface area contributed by atoms with Crippen LogP contribution in [0, 0.1) is 11.3 Å². The van der Waals surface area contributed by atoms with Crippen LogP contribution in [-0.4, -0.2) is 20.6 Å². The van der Waals surface area contributed by atoms with Crippen LogP contribution in [0.5, 0.6) is 0 Å². The van der Waals surface area contributed by atoms with Gasteiger partial charge in [-0.15, -0.1) is 0 Å². The van der Waals surface area contributed by atoms with E-state index in [1.165, 1.54) is 4.90 Å². The van der Waals surface area contributed by atoms with Crippen LogP contribution < -0.4 is 0 Å². The molecule has 1 aromatic heterocycles. The summed E-state index contributed by atoms with van der Waals surface area (Å²) < 4.78 is 2.78. The fourth-order valence-corrected chi connectivity index (χ4v) is 4.24. The van der Waals surface area contributed by atoms with Gasteiger partial charge < -0.3 is 4.57 Å². The maximum atomic E-state index is 12.8. The fraction of sp³-hybridized carbons (Fsp3) is 0.0952. The molecule has 3 aromatic rings. The maximum absolute atomic E-state index is 12.8. The first-order chi connectivity index (χ1) is 13.6. The van der Waals surface area contributed by atoms with Crippen LogP contribution in [0.2, 0.25) is 0 Å². The van der Waals surface area contributed by atoms with Crippen LogP contribution in [0.4, 0.5) is 4.79 Å². The van der Waals surface area contributed by atoms with Gasteiger partial charge in [-0.05, 0) is 41.6 Å². The molecule has 4 rings (SSSR count). The van der Waals surface area contributed by atoms with Crippen LogP contribution in [0.1, 0.15) is 11.1 Å². The second-order valence-corrected chi connectivity index (χ2v) is 8.19. The van der Waals surface area contributed by atoms with E-state index >= 15 is 0 Å². The van der Waals surface area contributed by atoms with Gasteiger partial charge in [-0.3, -0.25) is 14.5 Å². The standard InChI is InChI=1S/C21H14BrN3O2S/c22-16-7-5-14(6-8-16)12-25-20(26)19(28-21(25)27)11-15-13-24(10-9-23)18-4-2-1-3-17(15)18/h1-8,11,13H,10,12H2. The molecular weight excluding hydrogens is 438 g/mol. The average molecular weight is 452 g/mol. The fourth-order valence-electron chi connectivity index (χ4n) is 3.15. The van der Waals surface area contributed by atoms with Crippen molar-refractivity contribution in [2.75, 3.05) is 0 Å². The molecule has 1 aliphatic heterocycles. The molecule has 0 saturated carbocycles. The lowest BCUT2D eigenvalue weighted by Gasteiger charge is -2.12. The SMILES string of the molecule is N#CCn1cc(C=C2SC(=O)N(Cc3ccc(Br)cc3)C2=O)c2ccccc21. The van der Waals surface area contributed by atoms with Gasteiger partial charge >= 0.3 is 0 Å². The third-order valence-corrected chi connectivity index (χ3v) is 5.91. The number of nitriles is 1. The van der Waals surface area contributed by atoms with Crippen LogP contribution in [0.15, 0.2) is 64.1 Å². The highest BCUT2D eigenvalue weighted by Gasteiger charge is 2.35. The second kappa shape index (κ2) is 7.66. The van der Waals surface area contributed by atoms with Crippen LogP contribution in [0.25, 0.3) is 17.0 Å². The zero-order valence-electron chi connectivity index (χ0n) is 14.6. The van der Waals surface area contributed by atoms with Gasteiger partial charge in [0.15, 0.2) is 0 Å². The number of fused-ring (bicyclic) bond motifs is 1. The Morgan fingerprint density at radius 1 is 1.11 bits per heavy atom. The van der Waals surface area contributed by atoms with Crippen molar-refractivity contribution in [1.29, 1.82) is 5.26 Å². The summed E-state index contributed by atoms with van der Waals surface area (Å²) in [6, 6.07) is 17.4. The molecule has 2 heterocycles. The van der Waals surface area contributed by atoms with Crippen LogP contribution >= 0.6 is 27.7 Å². The Morgan fingerprint density at radius 3 is 2.61 bits per heavy atom. The number of aromatic nitrogens is 1. The molecule has 28 heavy (non-hydrogen) atoms. The maximum Gasteiger partial charge on any atom is 0.293 e. The molecule has 0 N–H and O–H groups in total. The number of nitrogens with zero attached hydrogens (tertiary/aromatic N) is 3. The first-order valence-electron chi connectivity index (χ1n) is 8.51. The molecule has 138 valence electrons.